The zero-order valence-electron chi connectivity index (χ0n) is 15.9. The highest BCUT2D eigenvalue weighted by Crippen LogP contribution is 2.40. The van der Waals surface area contributed by atoms with Gasteiger partial charge in [0.1, 0.15) is 0 Å². The molecule has 1 fully saturated rings. The van der Waals surface area contributed by atoms with Crippen molar-refractivity contribution >= 4 is 41.0 Å². The van der Waals surface area contributed by atoms with Gasteiger partial charge in [0.05, 0.1) is 24.6 Å². The van der Waals surface area contributed by atoms with Crippen molar-refractivity contribution in [3.8, 4) is 0 Å². The molecule has 1 aliphatic carbocycles. The van der Waals surface area contributed by atoms with Crippen LogP contribution in [0.25, 0.3) is 0 Å². The Balaban J connectivity index is 2.15. The fourth-order valence-electron chi connectivity index (χ4n) is 3.02. The fraction of sp³-hybridized carbons (Fsp3) is 0.500. The number of halogens is 1. The molecule has 158 valence electrons. The predicted molar refractivity (Wildman–Crippen MR) is 102 cm³/mol. The molecular formula is C18H21FN2O7S. The molecule has 2 rings (SSSR count). The fourth-order valence-corrected chi connectivity index (χ4v) is 4.24. The molecule has 0 radical (unpaired) electrons. The Morgan fingerprint density at radius 2 is 1.93 bits per heavy atom. The molecule has 0 atom stereocenters. The van der Waals surface area contributed by atoms with E-state index in [2.05, 4.69) is 4.74 Å². The van der Waals surface area contributed by atoms with E-state index < -0.39 is 34.0 Å². The largest absolute Gasteiger partial charge is 0.466 e. The molecule has 0 heterocycles. The number of hydrogen-bond acceptors (Lipinski definition) is 8. The van der Waals surface area contributed by atoms with Crippen LogP contribution in [0.1, 0.15) is 32.6 Å². The zero-order valence-corrected chi connectivity index (χ0v) is 16.8. The van der Waals surface area contributed by atoms with E-state index in [9.17, 15) is 28.9 Å². The number of thioether (sulfide) groups is 1. The number of amides is 1. The van der Waals surface area contributed by atoms with Crippen molar-refractivity contribution in [3.05, 3.63) is 28.1 Å². The van der Waals surface area contributed by atoms with Gasteiger partial charge in [0.2, 0.25) is 0 Å². The van der Waals surface area contributed by atoms with E-state index in [4.69, 9.17) is 4.74 Å². The molecule has 1 aromatic rings. The number of hydrogen-bond donors (Lipinski definition) is 1. The Morgan fingerprint density at radius 1 is 1.28 bits per heavy atom. The number of anilines is 1. The summed E-state index contributed by atoms with van der Waals surface area (Å²) < 4.78 is 24.2. The molecule has 9 nitrogen and oxygen atoms in total. The number of nitro benzene ring substituents is 1. The van der Waals surface area contributed by atoms with Crippen LogP contribution < -0.4 is 5.32 Å². The van der Waals surface area contributed by atoms with Crippen molar-refractivity contribution in [2.45, 2.75) is 42.8 Å². The summed E-state index contributed by atoms with van der Waals surface area (Å²) in [6.45, 7) is 2.06. The van der Waals surface area contributed by atoms with Gasteiger partial charge in [-0.1, -0.05) is 0 Å². The lowest BCUT2D eigenvalue weighted by Gasteiger charge is -2.27. The second-order valence-corrected chi connectivity index (χ2v) is 7.66. The number of carbonyl (C=O) groups excluding carboxylic acids is 3. The number of esters is 2. The van der Waals surface area contributed by atoms with Gasteiger partial charge in [-0.2, -0.15) is 0 Å². The monoisotopic (exact) mass is 428 g/mol. The molecule has 1 saturated carbocycles. The van der Waals surface area contributed by atoms with Gasteiger partial charge in [-0.25, -0.2) is 9.18 Å². The maximum Gasteiger partial charge on any atom is 0.396 e. The van der Waals surface area contributed by atoms with Gasteiger partial charge in [0.15, 0.2) is 11.5 Å². The average molecular weight is 428 g/mol. The topological polar surface area (TPSA) is 125 Å². The van der Waals surface area contributed by atoms with Gasteiger partial charge in [-0.3, -0.25) is 19.7 Å². The van der Waals surface area contributed by atoms with Crippen molar-refractivity contribution in [3.63, 3.8) is 0 Å². The predicted octanol–water partition coefficient (Wildman–Crippen LogP) is 3.06. The first-order chi connectivity index (χ1) is 13.8. The number of benzene rings is 1. The molecule has 0 spiro atoms. The summed E-state index contributed by atoms with van der Waals surface area (Å²) >= 11 is 1.18. The highest BCUT2D eigenvalue weighted by atomic mass is 32.2. The quantitative estimate of drug-likeness (QED) is 0.317. The molecule has 11 heteroatoms. The summed E-state index contributed by atoms with van der Waals surface area (Å²) in [5, 5.41) is 13.1. The average Bonchev–Trinajstić information content (AvgIpc) is 2.70. The summed E-state index contributed by atoms with van der Waals surface area (Å²) in [6, 6.07) is 2.34. The van der Waals surface area contributed by atoms with E-state index in [1.807, 2.05) is 5.32 Å². The molecule has 0 aliphatic heterocycles. The van der Waals surface area contributed by atoms with Crippen LogP contribution in [0, 0.1) is 21.8 Å². The second-order valence-electron chi connectivity index (χ2n) is 6.32. The lowest BCUT2D eigenvalue weighted by Crippen LogP contribution is -2.25. The Hall–Kier alpha value is -2.69. The normalized spacial score (nSPS) is 18.6. The first kappa shape index (κ1) is 22.6. The number of nitrogens with zero attached hydrogens (tertiary/aromatic N) is 1. The van der Waals surface area contributed by atoms with Gasteiger partial charge < -0.3 is 14.8 Å². The third kappa shape index (κ3) is 5.66. The summed E-state index contributed by atoms with van der Waals surface area (Å²) in [4.78, 5) is 45.2. The standard InChI is InChI=1S/C18H21FN2O7S/c1-3-28-17(23)10-4-6-11(7-5-10)29-13-9-8-12(21(25)26)15(14(13)19)20-16(22)18(24)27-2/h8-11H,3-7H2,1-2H3,(H,20,22). The van der Waals surface area contributed by atoms with Crippen LogP contribution >= 0.6 is 11.8 Å². The smallest absolute Gasteiger partial charge is 0.396 e. The maximum atomic E-state index is 14.9. The van der Waals surface area contributed by atoms with Crippen LogP contribution in [-0.4, -0.2) is 41.7 Å². The van der Waals surface area contributed by atoms with Crippen molar-refractivity contribution in [1.29, 1.82) is 0 Å². The van der Waals surface area contributed by atoms with Crippen LogP contribution in [0.3, 0.4) is 0 Å². The van der Waals surface area contributed by atoms with Crippen LogP contribution in [0.15, 0.2) is 17.0 Å². The minimum atomic E-state index is -1.31. The van der Waals surface area contributed by atoms with Crippen LogP contribution in [0.4, 0.5) is 15.8 Å². The molecule has 0 aromatic heterocycles. The molecule has 0 bridgehead atoms. The summed E-state index contributed by atoms with van der Waals surface area (Å²) in [5.41, 5.74) is -1.36. The van der Waals surface area contributed by atoms with E-state index in [1.165, 1.54) is 17.8 Å². The third-order valence-corrected chi connectivity index (χ3v) is 5.85. The molecule has 0 saturated heterocycles. The van der Waals surface area contributed by atoms with E-state index >= 15 is 0 Å². The molecule has 1 aliphatic rings. The first-order valence-electron chi connectivity index (χ1n) is 8.97. The third-order valence-electron chi connectivity index (χ3n) is 4.48. The minimum Gasteiger partial charge on any atom is -0.466 e. The molecule has 29 heavy (non-hydrogen) atoms. The highest BCUT2D eigenvalue weighted by molar-refractivity contribution is 8.00. The minimum absolute atomic E-state index is 0.000733. The van der Waals surface area contributed by atoms with Crippen LogP contribution in [-0.2, 0) is 23.9 Å². The van der Waals surface area contributed by atoms with E-state index in [0.29, 0.717) is 32.3 Å². The highest BCUT2D eigenvalue weighted by Gasteiger charge is 2.30. The van der Waals surface area contributed by atoms with E-state index in [1.54, 1.807) is 6.92 Å². The van der Waals surface area contributed by atoms with Crippen LogP contribution in [0.5, 0.6) is 0 Å². The Labute approximate surface area is 170 Å². The summed E-state index contributed by atoms with van der Waals surface area (Å²) in [5.74, 6) is -4.01. The number of nitrogens with one attached hydrogen (secondary N) is 1. The number of rotatable bonds is 6. The molecule has 1 amide bonds. The van der Waals surface area contributed by atoms with Gasteiger partial charge in [-0.05, 0) is 38.7 Å². The summed E-state index contributed by atoms with van der Waals surface area (Å²) in [6.07, 6.45) is 2.51. The molecule has 1 N–H and O–H groups in total. The number of ether oxygens (including phenoxy) is 2. The van der Waals surface area contributed by atoms with Crippen molar-refractivity contribution in [1.82, 2.24) is 0 Å². The van der Waals surface area contributed by atoms with Crippen molar-refractivity contribution in [2.75, 3.05) is 19.0 Å². The van der Waals surface area contributed by atoms with Crippen molar-refractivity contribution in [2.24, 2.45) is 5.92 Å². The van der Waals surface area contributed by atoms with Crippen molar-refractivity contribution < 1.29 is 33.2 Å². The second kappa shape index (κ2) is 10.2. The van der Waals surface area contributed by atoms with Gasteiger partial charge >= 0.3 is 17.8 Å². The van der Waals surface area contributed by atoms with Gasteiger partial charge in [0, 0.05) is 16.2 Å². The SMILES string of the molecule is CCOC(=O)C1CCC(Sc2ccc([N+](=O)[O-])c(NC(=O)C(=O)OC)c2F)CC1. The van der Waals surface area contributed by atoms with E-state index in [0.717, 1.165) is 13.2 Å². The van der Waals surface area contributed by atoms with Gasteiger partial charge in [-0.15, -0.1) is 11.8 Å². The first-order valence-corrected chi connectivity index (χ1v) is 9.85. The Morgan fingerprint density at radius 3 is 2.48 bits per heavy atom. The lowest BCUT2D eigenvalue weighted by atomic mass is 9.89. The van der Waals surface area contributed by atoms with E-state index in [-0.39, 0.29) is 22.0 Å². The molecular weight excluding hydrogens is 407 g/mol. The molecule has 1 aromatic carbocycles. The van der Waals surface area contributed by atoms with Crippen LogP contribution in [0.2, 0.25) is 0 Å². The lowest BCUT2D eigenvalue weighted by molar-refractivity contribution is -0.384. The zero-order chi connectivity index (χ0) is 21.6. The Kier molecular flexibility index (Phi) is 7.94. The molecule has 0 unspecified atom stereocenters. The number of nitro groups is 1. The Bertz CT molecular complexity index is 810. The van der Waals surface area contributed by atoms with Gasteiger partial charge in [0.25, 0.3) is 5.69 Å². The maximum absolute atomic E-state index is 14.9. The number of carbonyl (C=O) groups is 3. The summed E-state index contributed by atoms with van der Waals surface area (Å²) in [7, 11) is 0.964. The number of methoxy groups -OCH3 is 1.